The molecule has 126 valence electrons. The fraction of sp³-hybridized carbons (Fsp3) is 0.667. The maximum absolute atomic E-state index is 10.0. The molecule has 1 aromatic carbocycles. The summed E-state index contributed by atoms with van der Waals surface area (Å²) in [6, 6.07) is 7.26. The first-order valence-electron chi connectivity index (χ1n) is 7.88. The summed E-state index contributed by atoms with van der Waals surface area (Å²) in [5, 5.41) is 10.0. The molecule has 0 aliphatic heterocycles. The molecule has 0 aliphatic rings. The van der Waals surface area contributed by atoms with Gasteiger partial charge < -0.3 is 20.3 Å². The monoisotopic (exact) mass is 309 g/mol. The Kier molecular flexibility index (Phi) is 6.69. The predicted molar refractivity (Wildman–Crippen MR) is 91.1 cm³/mol. The molecular formula is C18H31NO3. The molecule has 0 bridgehead atoms. The third-order valence-electron chi connectivity index (χ3n) is 3.49. The van der Waals surface area contributed by atoms with E-state index in [1.165, 1.54) is 0 Å². The van der Waals surface area contributed by atoms with Crippen molar-refractivity contribution >= 4 is 5.69 Å². The Morgan fingerprint density at radius 3 is 2.27 bits per heavy atom. The number of nitrogens with two attached hydrogens (primary N) is 1. The quantitative estimate of drug-likeness (QED) is 0.720. The van der Waals surface area contributed by atoms with Crippen LogP contribution in [0.15, 0.2) is 24.3 Å². The van der Waals surface area contributed by atoms with Gasteiger partial charge in [0.15, 0.2) is 0 Å². The van der Waals surface area contributed by atoms with Crippen LogP contribution in [0.25, 0.3) is 0 Å². The molecule has 0 radical (unpaired) electrons. The van der Waals surface area contributed by atoms with Crippen LogP contribution in [0.2, 0.25) is 0 Å². The van der Waals surface area contributed by atoms with Crippen LogP contribution < -0.4 is 10.5 Å². The van der Waals surface area contributed by atoms with E-state index in [0.29, 0.717) is 11.4 Å². The van der Waals surface area contributed by atoms with Gasteiger partial charge in [-0.15, -0.1) is 0 Å². The molecule has 0 spiro atoms. The number of para-hydroxylation sites is 2. The average Bonchev–Trinajstić information content (AvgIpc) is 2.42. The van der Waals surface area contributed by atoms with Gasteiger partial charge in [0.1, 0.15) is 18.5 Å². The molecule has 4 nitrogen and oxygen atoms in total. The highest BCUT2D eigenvalue weighted by Crippen LogP contribution is 2.27. The van der Waals surface area contributed by atoms with Crippen molar-refractivity contribution in [2.24, 2.45) is 5.41 Å². The molecule has 0 aromatic heterocycles. The lowest BCUT2D eigenvalue weighted by Crippen LogP contribution is -2.33. The van der Waals surface area contributed by atoms with E-state index < -0.39 is 6.10 Å². The number of rotatable bonds is 8. The summed E-state index contributed by atoms with van der Waals surface area (Å²) in [5.41, 5.74) is 6.40. The highest BCUT2D eigenvalue weighted by atomic mass is 16.5. The van der Waals surface area contributed by atoms with Crippen LogP contribution in [0.5, 0.6) is 5.75 Å². The largest absolute Gasteiger partial charge is 0.489 e. The van der Waals surface area contributed by atoms with Gasteiger partial charge >= 0.3 is 0 Å². The zero-order chi connectivity index (χ0) is 16.8. The van der Waals surface area contributed by atoms with Crippen molar-refractivity contribution in [3.8, 4) is 5.75 Å². The van der Waals surface area contributed by atoms with E-state index in [9.17, 15) is 5.11 Å². The van der Waals surface area contributed by atoms with Gasteiger partial charge in [0, 0.05) is 0 Å². The summed E-state index contributed by atoms with van der Waals surface area (Å²) < 4.78 is 11.4. The Bertz CT molecular complexity index is 452. The van der Waals surface area contributed by atoms with Crippen molar-refractivity contribution in [2.45, 2.75) is 59.2 Å². The molecule has 4 heteroatoms. The first-order valence-corrected chi connectivity index (χ1v) is 7.88. The third-order valence-corrected chi connectivity index (χ3v) is 3.49. The van der Waals surface area contributed by atoms with E-state index >= 15 is 0 Å². The smallest absolute Gasteiger partial charge is 0.142 e. The van der Waals surface area contributed by atoms with Gasteiger partial charge in [-0.2, -0.15) is 0 Å². The summed E-state index contributed by atoms with van der Waals surface area (Å²) in [5.74, 6) is 0.591. The van der Waals surface area contributed by atoms with Crippen LogP contribution in [0, 0.1) is 5.41 Å². The minimum absolute atomic E-state index is 0.170. The molecule has 1 atom stereocenters. The molecule has 1 unspecified atom stereocenters. The summed E-state index contributed by atoms with van der Waals surface area (Å²) in [4.78, 5) is 0. The Hall–Kier alpha value is -1.26. The summed E-state index contributed by atoms with van der Waals surface area (Å²) >= 11 is 0. The number of anilines is 1. The topological polar surface area (TPSA) is 64.7 Å². The highest BCUT2D eigenvalue weighted by Gasteiger charge is 2.23. The number of benzene rings is 1. The van der Waals surface area contributed by atoms with E-state index in [4.69, 9.17) is 15.2 Å². The summed E-state index contributed by atoms with van der Waals surface area (Å²) in [6.45, 7) is 11.2. The minimum atomic E-state index is -0.673. The van der Waals surface area contributed by atoms with Gasteiger partial charge in [-0.25, -0.2) is 0 Å². The van der Waals surface area contributed by atoms with E-state index in [1.807, 2.05) is 12.1 Å². The molecule has 0 saturated heterocycles. The second-order valence-corrected chi connectivity index (χ2v) is 7.63. The molecule has 0 fully saturated rings. The third kappa shape index (κ3) is 7.66. The van der Waals surface area contributed by atoms with Gasteiger partial charge in [-0.1, -0.05) is 32.9 Å². The summed E-state index contributed by atoms with van der Waals surface area (Å²) in [7, 11) is 0. The molecule has 22 heavy (non-hydrogen) atoms. The number of aliphatic hydroxyl groups is 1. The maximum Gasteiger partial charge on any atom is 0.142 e. The van der Waals surface area contributed by atoms with Gasteiger partial charge in [0.2, 0.25) is 0 Å². The Labute approximate surface area is 134 Å². The van der Waals surface area contributed by atoms with Crippen LogP contribution >= 0.6 is 0 Å². The predicted octanol–water partition coefficient (Wildman–Crippen LogP) is 3.63. The molecule has 1 rings (SSSR count). The molecule has 0 amide bonds. The number of ether oxygens (including phenoxy) is 2. The normalized spacial score (nSPS) is 13.9. The zero-order valence-corrected chi connectivity index (χ0v) is 14.6. The van der Waals surface area contributed by atoms with Crippen molar-refractivity contribution in [2.75, 3.05) is 18.9 Å². The SMILES string of the molecule is CC(C)(C)CCC(C)(C)OCC(O)COc1ccccc1N. The lowest BCUT2D eigenvalue weighted by atomic mass is 9.86. The fourth-order valence-electron chi connectivity index (χ4n) is 1.92. The van der Waals surface area contributed by atoms with Gasteiger partial charge in [0.05, 0.1) is 17.9 Å². The number of hydrogen-bond donors (Lipinski definition) is 2. The van der Waals surface area contributed by atoms with E-state index in [-0.39, 0.29) is 24.2 Å². The van der Waals surface area contributed by atoms with Crippen molar-refractivity contribution in [3.05, 3.63) is 24.3 Å². The molecule has 0 aliphatic carbocycles. The van der Waals surface area contributed by atoms with Gasteiger partial charge in [-0.05, 0) is 44.2 Å². The first-order chi connectivity index (χ1) is 10.1. The van der Waals surface area contributed by atoms with E-state index in [0.717, 1.165) is 12.8 Å². The van der Waals surface area contributed by atoms with Gasteiger partial charge in [0.25, 0.3) is 0 Å². The standard InChI is InChI=1S/C18H31NO3/c1-17(2,3)10-11-18(4,5)22-13-14(20)12-21-16-9-7-6-8-15(16)19/h6-9,14,20H,10-13,19H2,1-5H3. The van der Waals surface area contributed by atoms with Crippen LogP contribution in [0.3, 0.4) is 0 Å². The van der Waals surface area contributed by atoms with Crippen LogP contribution in [0.1, 0.15) is 47.5 Å². The van der Waals surface area contributed by atoms with Crippen molar-refractivity contribution in [1.82, 2.24) is 0 Å². The van der Waals surface area contributed by atoms with E-state index in [2.05, 4.69) is 34.6 Å². The van der Waals surface area contributed by atoms with Crippen molar-refractivity contribution < 1.29 is 14.6 Å². The Morgan fingerprint density at radius 2 is 1.68 bits per heavy atom. The van der Waals surface area contributed by atoms with Crippen LogP contribution in [0.4, 0.5) is 5.69 Å². The highest BCUT2D eigenvalue weighted by molar-refractivity contribution is 5.51. The zero-order valence-electron chi connectivity index (χ0n) is 14.6. The maximum atomic E-state index is 10.0. The lowest BCUT2D eigenvalue weighted by molar-refractivity contribution is -0.0752. The number of nitrogen functional groups attached to an aromatic ring is 1. The lowest BCUT2D eigenvalue weighted by Gasteiger charge is -2.30. The molecule has 1 aromatic rings. The second kappa shape index (κ2) is 7.84. The molecule has 0 saturated carbocycles. The molecular weight excluding hydrogens is 278 g/mol. The first kappa shape index (κ1) is 18.8. The van der Waals surface area contributed by atoms with Crippen LogP contribution in [-0.2, 0) is 4.74 Å². The van der Waals surface area contributed by atoms with Crippen molar-refractivity contribution in [3.63, 3.8) is 0 Å². The van der Waals surface area contributed by atoms with E-state index in [1.54, 1.807) is 12.1 Å². The average molecular weight is 309 g/mol. The Balaban J connectivity index is 2.33. The number of hydrogen-bond acceptors (Lipinski definition) is 4. The molecule has 0 heterocycles. The summed E-state index contributed by atoms with van der Waals surface area (Å²) in [6.07, 6.45) is 1.36. The van der Waals surface area contributed by atoms with Crippen molar-refractivity contribution in [1.29, 1.82) is 0 Å². The Morgan fingerprint density at radius 1 is 1.05 bits per heavy atom. The fourth-order valence-corrected chi connectivity index (χ4v) is 1.92. The number of aliphatic hydroxyl groups excluding tert-OH is 1. The van der Waals surface area contributed by atoms with Gasteiger partial charge in [-0.3, -0.25) is 0 Å². The van der Waals surface area contributed by atoms with Crippen LogP contribution in [-0.4, -0.2) is 30.0 Å². The second-order valence-electron chi connectivity index (χ2n) is 7.63. The molecule has 3 N–H and O–H groups in total. The minimum Gasteiger partial charge on any atom is -0.489 e.